The average molecular weight is 401 g/mol. The zero-order valence-electron chi connectivity index (χ0n) is 18.1. The van der Waals surface area contributed by atoms with E-state index in [0.717, 1.165) is 17.9 Å². The molecule has 2 unspecified atom stereocenters. The summed E-state index contributed by atoms with van der Waals surface area (Å²) in [6.45, 7) is 2.61. The van der Waals surface area contributed by atoms with Crippen molar-refractivity contribution in [1.29, 1.82) is 0 Å². The lowest BCUT2D eigenvalue weighted by Gasteiger charge is -2.43. The number of rotatable bonds is 8. The molecule has 0 N–H and O–H groups in total. The molecule has 29 heavy (non-hydrogen) atoms. The molecule has 1 spiro atoms. The second-order valence-electron chi connectivity index (χ2n) is 9.06. The van der Waals surface area contributed by atoms with E-state index in [1.54, 1.807) is 0 Å². The van der Waals surface area contributed by atoms with E-state index in [0.29, 0.717) is 17.8 Å². The van der Waals surface area contributed by atoms with Gasteiger partial charge in [0.1, 0.15) is 11.5 Å². The maximum Gasteiger partial charge on any atom is 0.306 e. The molecule has 2 saturated carbocycles. The highest BCUT2D eigenvalue weighted by molar-refractivity contribution is 5.89. The van der Waals surface area contributed by atoms with Crippen LogP contribution in [0.15, 0.2) is 24.3 Å². The highest BCUT2D eigenvalue weighted by Crippen LogP contribution is 2.49. The monoisotopic (exact) mass is 400 g/mol. The summed E-state index contributed by atoms with van der Waals surface area (Å²) in [4.78, 5) is 24.0. The fourth-order valence-corrected chi connectivity index (χ4v) is 5.40. The molecule has 0 radical (unpaired) electrons. The highest BCUT2D eigenvalue weighted by atomic mass is 16.5. The van der Waals surface area contributed by atoms with Crippen molar-refractivity contribution in [3.63, 3.8) is 0 Å². The molecular weight excluding hydrogens is 364 g/mol. The van der Waals surface area contributed by atoms with Gasteiger partial charge in [-0.15, -0.1) is 0 Å². The Hall–Kier alpha value is -1.84. The van der Waals surface area contributed by atoms with E-state index in [1.165, 1.54) is 64.9 Å². The molecular formula is C25H36O4. The van der Waals surface area contributed by atoms with Crippen LogP contribution in [0, 0.1) is 11.3 Å². The minimum atomic E-state index is -0.439. The number of Topliss-reactive ketones (excluding diaryl/α,β-unsaturated/α-hetero) is 1. The van der Waals surface area contributed by atoms with Crippen molar-refractivity contribution in [3.05, 3.63) is 29.8 Å². The Morgan fingerprint density at radius 1 is 1.07 bits per heavy atom. The summed E-state index contributed by atoms with van der Waals surface area (Å²) < 4.78 is 10.9. The Morgan fingerprint density at radius 2 is 1.76 bits per heavy atom. The van der Waals surface area contributed by atoms with Gasteiger partial charge in [0.15, 0.2) is 0 Å². The van der Waals surface area contributed by atoms with Gasteiger partial charge in [-0.1, -0.05) is 44.7 Å². The van der Waals surface area contributed by atoms with E-state index in [-0.39, 0.29) is 18.2 Å². The Labute approximate surface area is 175 Å². The summed E-state index contributed by atoms with van der Waals surface area (Å²) >= 11 is 0. The lowest BCUT2D eigenvalue weighted by molar-refractivity contribution is -0.142. The maximum atomic E-state index is 12.3. The summed E-state index contributed by atoms with van der Waals surface area (Å²) in [5.74, 6) is 0.758. The molecule has 4 heteroatoms. The fourth-order valence-electron chi connectivity index (χ4n) is 5.40. The van der Waals surface area contributed by atoms with Gasteiger partial charge < -0.3 is 9.47 Å². The van der Waals surface area contributed by atoms with Gasteiger partial charge in [0, 0.05) is 6.42 Å². The van der Waals surface area contributed by atoms with Crippen LogP contribution in [-0.2, 0) is 14.3 Å². The molecule has 3 rings (SSSR count). The van der Waals surface area contributed by atoms with Crippen LogP contribution >= 0.6 is 0 Å². The molecule has 0 amide bonds. The summed E-state index contributed by atoms with van der Waals surface area (Å²) in [5, 5.41) is 0. The summed E-state index contributed by atoms with van der Waals surface area (Å²) in [7, 11) is 1.36. The summed E-state index contributed by atoms with van der Waals surface area (Å²) in [5.41, 5.74) is 1.45. The van der Waals surface area contributed by atoms with Gasteiger partial charge in [0.05, 0.1) is 26.1 Å². The normalized spacial score (nSPS) is 22.1. The fraction of sp³-hybridized carbons (Fsp3) is 0.680. The van der Waals surface area contributed by atoms with Crippen molar-refractivity contribution >= 4 is 11.8 Å². The van der Waals surface area contributed by atoms with E-state index in [9.17, 15) is 9.59 Å². The van der Waals surface area contributed by atoms with Crippen molar-refractivity contribution < 1.29 is 19.1 Å². The molecule has 2 fully saturated rings. The minimum absolute atomic E-state index is 0.0593. The third kappa shape index (κ3) is 5.83. The molecule has 0 heterocycles. The number of esters is 1. The first-order valence-corrected chi connectivity index (χ1v) is 11.4. The average Bonchev–Trinajstić information content (AvgIpc) is 2.76. The number of ether oxygens (including phenoxy) is 2. The Morgan fingerprint density at radius 3 is 2.41 bits per heavy atom. The number of carbonyl (C=O) groups is 2. The Balaban J connectivity index is 1.57. The second-order valence-corrected chi connectivity index (χ2v) is 9.06. The summed E-state index contributed by atoms with van der Waals surface area (Å²) in [6, 6.07) is 7.70. The van der Waals surface area contributed by atoms with Crippen LogP contribution in [0.4, 0.5) is 0 Å². The van der Waals surface area contributed by atoms with Crippen molar-refractivity contribution in [3.8, 4) is 5.75 Å². The number of carbonyl (C=O) groups excluding carboxylic acids is 2. The van der Waals surface area contributed by atoms with Gasteiger partial charge in [-0.2, -0.15) is 0 Å². The van der Waals surface area contributed by atoms with Crippen LogP contribution in [0.3, 0.4) is 0 Å². The van der Waals surface area contributed by atoms with Gasteiger partial charge in [-0.25, -0.2) is 0 Å². The first-order chi connectivity index (χ1) is 14.0. The van der Waals surface area contributed by atoms with Crippen LogP contribution in [0.2, 0.25) is 0 Å². The minimum Gasteiger partial charge on any atom is -0.493 e. The molecule has 2 aliphatic carbocycles. The smallest absolute Gasteiger partial charge is 0.306 e. The van der Waals surface area contributed by atoms with E-state index >= 15 is 0 Å². The van der Waals surface area contributed by atoms with Gasteiger partial charge in [-0.05, 0) is 61.1 Å². The molecule has 160 valence electrons. The van der Waals surface area contributed by atoms with E-state index in [2.05, 4.69) is 0 Å². The first-order valence-electron chi connectivity index (χ1n) is 11.4. The van der Waals surface area contributed by atoms with Crippen LogP contribution < -0.4 is 4.74 Å². The van der Waals surface area contributed by atoms with Crippen molar-refractivity contribution in [2.75, 3.05) is 13.7 Å². The number of hydrogen-bond donors (Lipinski definition) is 0. The summed E-state index contributed by atoms with van der Waals surface area (Å²) in [6.07, 6.45) is 12.9. The van der Waals surface area contributed by atoms with Crippen molar-refractivity contribution in [2.24, 2.45) is 11.3 Å². The number of ketones is 1. The number of methoxy groups -OCH3 is 1. The molecule has 1 aromatic rings. The molecule has 0 aromatic heterocycles. The lowest BCUT2D eigenvalue weighted by atomic mass is 9.63. The van der Waals surface area contributed by atoms with Gasteiger partial charge in [0.2, 0.25) is 0 Å². The van der Waals surface area contributed by atoms with E-state index in [4.69, 9.17) is 9.47 Å². The molecule has 0 saturated heterocycles. The predicted octanol–water partition coefficient (Wildman–Crippen LogP) is 5.83. The largest absolute Gasteiger partial charge is 0.493 e. The van der Waals surface area contributed by atoms with Crippen LogP contribution in [0.1, 0.15) is 89.0 Å². The third-order valence-corrected chi connectivity index (χ3v) is 7.06. The lowest BCUT2D eigenvalue weighted by Crippen LogP contribution is -2.33. The Kier molecular flexibility index (Phi) is 7.74. The number of benzene rings is 1. The van der Waals surface area contributed by atoms with Gasteiger partial charge >= 0.3 is 5.97 Å². The number of hydrogen-bond acceptors (Lipinski definition) is 4. The molecule has 4 nitrogen and oxygen atoms in total. The zero-order chi connectivity index (χ0) is 20.7. The zero-order valence-corrected chi connectivity index (χ0v) is 18.1. The van der Waals surface area contributed by atoms with Crippen LogP contribution in [-0.4, -0.2) is 25.5 Å². The van der Waals surface area contributed by atoms with Crippen LogP contribution in [0.5, 0.6) is 5.75 Å². The molecule has 0 aliphatic heterocycles. The van der Waals surface area contributed by atoms with Crippen molar-refractivity contribution in [2.45, 2.75) is 83.5 Å². The molecule has 2 aliphatic rings. The third-order valence-electron chi connectivity index (χ3n) is 7.06. The van der Waals surface area contributed by atoms with Gasteiger partial charge in [0.25, 0.3) is 0 Å². The highest BCUT2D eigenvalue weighted by Gasteiger charge is 2.37. The first kappa shape index (κ1) is 21.9. The predicted molar refractivity (Wildman–Crippen MR) is 114 cm³/mol. The van der Waals surface area contributed by atoms with E-state index in [1.807, 2.05) is 31.2 Å². The van der Waals surface area contributed by atoms with E-state index < -0.39 is 5.92 Å². The molecule has 0 bridgehead atoms. The van der Waals surface area contributed by atoms with Crippen LogP contribution in [0.25, 0.3) is 0 Å². The Bertz CT molecular complexity index is 667. The molecule has 2 atom stereocenters. The van der Waals surface area contributed by atoms with Gasteiger partial charge in [-0.3, -0.25) is 9.59 Å². The maximum absolute atomic E-state index is 12.3. The quantitative estimate of drug-likeness (QED) is 0.515. The van der Waals surface area contributed by atoms with Crippen molar-refractivity contribution in [1.82, 2.24) is 0 Å². The second kappa shape index (κ2) is 10.3. The standard InChI is InChI=1S/C25H36O4/c1-3-23(26)22(16-24(27)28-2)20-9-11-21(12-10-20)29-18-19-8-7-15-25(17-19)13-5-4-6-14-25/h9-12,19,22H,3-8,13-18H2,1-2H3. The topological polar surface area (TPSA) is 52.6 Å². The molecule has 1 aromatic carbocycles. The SMILES string of the molecule is CCC(=O)C(CC(=O)OC)c1ccc(OCC2CCCC3(CCCCC3)C2)cc1.